The molecule has 2 fully saturated rings. The largest absolute Gasteiger partial charge is 0.495 e. The van der Waals surface area contributed by atoms with Gasteiger partial charge in [0.05, 0.1) is 7.11 Å². The highest BCUT2D eigenvalue weighted by atomic mass is 32.2. The first kappa shape index (κ1) is 23.0. The second-order valence-electron chi connectivity index (χ2n) is 9.07. The van der Waals surface area contributed by atoms with Gasteiger partial charge in [0.1, 0.15) is 10.6 Å². The van der Waals surface area contributed by atoms with Crippen LogP contribution in [0.1, 0.15) is 43.5 Å². The molecule has 0 spiro atoms. The Kier molecular flexibility index (Phi) is 7.09. The molecule has 1 aliphatic heterocycles. The van der Waals surface area contributed by atoms with Gasteiger partial charge in [0.25, 0.3) is 5.91 Å². The number of carbonyl (C=O) groups is 1. The number of carbonyl (C=O) groups excluding carboxylic acids is 1. The number of sulfonamides is 1. The molecule has 0 unspecified atom stereocenters. The van der Waals surface area contributed by atoms with Crippen molar-refractivity contribution in [2.45, 2.75) is 44.0 Å². The summed E-state index contributed by atoms with van der Waals surface area (Å²) in [5, 5.41) is 0. The van der Waals surface area contributed by atoms with Gasteiger partial charge in [-0.3, -0.25) is 4.79 Å². The van der Waals surface area contributed by atoms with E-state index < -0.39 is 10.0 Å². The molecule has 1 aromatic rings. The molecule has 2 atom stereocenters. The van der Waals surface area contributed by atoms with E-state index in [0.717, 1.165) is 13.0 Å². The first-order chi connectivity index (χ1) is 14.1. The lowest BCUT2D eigenvalue weighted by Crippen LogP contribution is -2.42. The lowest BCUT2D eigenvalue weighted by Gasteiger charge is -2.34. The van der Waals surface area contributed by atoms with Gasteiger partial charge in [-0.25, -0.2) is 8.42 Å². The van der Waals surface area contributed by atoms with Crippen LogP contribution in [0.15, 0.2) is 23.1 Å². The van der Waals surface area contributed by atoms with Crippen LogP contribution in [0, 0.1) is 11.8 Å². The van der Waals surface area contributed by atoms with Crippen LogP contribution in [0.2, 0.25) is 0 Å². The summed E-state index contributed by atoms with van der Waals surface area (Å²) in [5.41, 5.74) is 0.365. The summed E-state index contributed by atoms with van der Waals surface area (Å²) < 4.78 is 33.7. The number of amides is 1. The Labute approximate surface area is 181 Å². The molecule has 1 heterocycles. The average Bonchev–Trinajstić information content (AvgIpc) is 3.55. The molecule has 30 heavy (non-hydrogen) atoms. The van der Waals surface area contributed by atoms with E-state index in [0.29, 0.717) is 43.1 Å². The number of piperidine rings is 1. The maximum Gasteiger partial charge on any atom is 0.253 e. The Morgan fingerprint density at radius 2 is 1.77 bits per heavy atom. The molecule has 168 valence electrons. The zero-order valence-electron chi connectivity index (χ0n) is 18.8. The van der Waals surface area contributed by atoms with Crippen molar-refractivity contribution < 1.29 is 17.9 Å². The molecule has 0 radical (unpaired) electrons. The first-order valence-electron chi connectivity index (χ1n) is 10.8. The molecule has 0 bridgehead atoms. The molecule has 0 N–H and O–H groups in total. The zero-order valence-corrected chi connectivity index (χ0v) is 19.6. The van der Waals surface area contributed by atoms with Crippen LogP contribution in [-0.2, 0) is 10.0 Å². The lowest BCUT2D eigenvalue weighted by molar-refractivity contribution is 0.0781. The van der Waals surface area contributed by atoms with Gasteiger partial charge in [-0.15, -0.1) is 0 Å². The van der Waals surface area contributed by atoms with Gasteiger partial charge in [0.2, 0.25) is 10.0 Å². The first-order valence-corrected chi connectivity index (χ1v) is 12.2. The smallest absolute Gasteiger partial charge is 0.253 e. The number of methoxy groups -OCH3 is 1. The molecule has 1 aliphatic carbocycles. The van der Waals surface area contributed by atoms with E-state index in [1.165, 1.54) is 30.3 Å². The third-order valence-electron chi connectivity index (χ3n) is 6.17. The van der Waals surface area contributed by atoms with E-state index in [1.54, 1.807) is 24.1 Å². The number of hydrogen-bond donors (Lipinski definition) is 0. The van der Waals surface area contributed by atoms with Crippen molar-refractivity contribution in [3.05, 3.63) is 23.8 Å². The van der Waals surface area contributed by atoms with Crippen LogP contribution >= 0.6 is 0 Å². The minimum Gasteiger partial charge on any atom is -0.495 e. The van der Waals surface area contributed by atoms with Crippen LogP contribution in [0.4, 0.5) is 0 Å². The number of nitrogens with zero attached hydrogens (tertiary/aromatic N) is 3. The molecule has 1 saturated carbocycles. The van der Waals surface area contributed by atoms with E-state index in [2.05, 4.69) is 25.8 Å². The topological polar surface area (TPSA) is 70.2 Å². The van der Waals surface area contributed by atoms with Gasteiger partial charge < -0.3 is 14.5 Å². The van der Waals surface area contributed by atoms with Gasteiger partial charge in [0, 0.05) is 44.8 Å². The molecule has 1 saturated heterocycles. The van der Waals surface area contributed by atoms with Crippen molar-refractivity contribution in [3.63, 3.8) is 0 Å². The third-order valence-corrected chi connectivity index (χ3v) is 8.02. The molecule has 7 nitrogen and oxygen atoms in total. The molecule has 8 heteroatoms. The predicted molar refractivity (Wildman–Crippen MR) is 117 cm³/mol. The Hall–Kier alpha value is -1.64. The van der Waals surface area contributed by atoms with E-state index in [4.69, 9.17) is 4.74 Å². The van der Waals surface area contributed by atoms with E-state index >= 15 is 0 Å². The van der Waals surface area contributed by atoms with E-state index in [1.807, 2.05) is 0 Å². The summed E-state index contributed by atoms with van der Waals surface area (Å²) in [5.74, 6) is 0.690. The fourth-order valence-corrected chi connectivity index (χ4v) is 6.14. The Balaban J connectivity index is 1.81. The van der Waals surface area contributed by atoms with Crippen molar-refractivity contribution in [1.29, 1.82) is 0 Å². The van der Waals surface area contributed by atoms with Crippen molar-refractivity contribution >= 4 is 15.9 Å². The average molecular weight is 438 g/mol. The second-order valence-corrected chi connectivity index (χ2v) is 11.0. The van der Waals surface area contributed by atoms with Crippen molar-refractivity contribution in [1.82, 2.24) is 14.1 Å². The zero-order chi connectivity index (χ0) is 22.1. The number of ether oxygens (including phenoxy) is 1. The van der Waals surface area contributed by atoms with Crippen LogP contribution in [0.25, 0.3) is 0 Å². The molecule has 3 rings (SSSR count). The summed E-state index contributed by atoms with van der Waals surface area (Å²) >= 11 is 0. The Bertz CT molecular complexity index is 859. The van der Waals surface area contributed by atoms with Gasteiger partial charge in [-0.2, -0.15) is 4.31 Å². The molecule has 0 aromatic heterocycles. The summed E-state index contributed by atoms with van der Waals surface area (Å²) in [6.07, 6.45) is 3.46. The molecule has 1 aromatic carbocycles. The minimum absolute atomic E-state index is 0.0700. The maximum atomic E-state index is 13.4. The van der Waals surface area contributed by atoms with E-state index in [9.17, 15) is 13.2 Å². The van der Waals surface area contributed by atoms with Crippen LogP contribution < -0.4 is 4.74 Å². The van der Waals surface area contributed by atoms with Gasteiger partial charge in [-0.05, 0) is 56.3 Å². The number of rotatable bonds is 8. The van der Waals surface area contributed by atoms with Gasteiger partial charge >= 0.3 is 0 Å². The molecular formula is C22H35N3O4S. The van der Waals surface area contributed by atoms with Crippen LogP contribution in [-0.4, -0.2) is 81.9 Å². The molecule has 2 aliphatic rings. The Morgan fingerprint density at radius 3 is 2.33 bits per heavy atom. The predicted octanol–water partition coefficient (Wildman–Crippen LogP) is 2.53. The standard InChI is InChI=1S/C22H35N3O4S/c1-16-12-17(2)15-25(14-16)30(27,28)21-13-18(6-9-20(21)29-5)22(26)24(4)11-10-23(3)19-7-8-19/h6,9,13,16-17,19H,7-8,10-12,14-15H2,1-5H3/t16-,17+. The fraction of sp³-hybridized carbons (Fsp3) is 0.682. The molecular weight excluding hydrogens is 402 g/mol. The summed E-state index contributed by atoms with van der Waals surface area (Å²) in [4.78, 5) is 17.0. The normalized spacial score (nSPS) is 22.9. The maximum absolute atomic E-state index is 13.4. The van der Waals surface area contributed by atoms with Crippen molar-refractivity contribution in [2.75, 3.05) is 47.4 Å². The quantitative estimate of drug-likeness (QED) is 0.625. The summed E-state index contributed by atoms with van der Waals surface area (Å²) in [6, 6.07) is 5.34. The van der Waals surface area contributed by atoms with Gasteiger partial charge in [-0.1, -0.05) is 13.8 Å². The molecule has 1 amide bonds. The summed E-state index contributed by atoms with van der Waals surface area (Å²) in [7, 11) is 1.54. The van der Waals surface area contributed by atoms with Crippen LogP contribution in [0.5, 0.6) is 5.75 Å². The fourth-order valence-electron chi connectivity index (χ4n) is 4.28. The minimum atomic E-state index is -3.75. The number of likely N-dealkylation sites (N-methyl/N-ethyl adjacent to an activating group) is 2. The van der Waals surface area contributed by atoms with E-state index in [-0.39, 0.29) is 16.6 Å². The highest BCUT2D eigenvalue weighted by Crippen LogP contribution is 2.32. The third kappa shape index (κ3) is 5.15. The van der Waals surface area contributed by atoms with Crippen molar-refractivity contribution in [2.24, 2.45) is 11.8 Å². The lowest BCUT2D eigenvalue weighted by atomic mass is 9.94. The Morgan fingerprint density at radius 1 is 1.13 bits per heavy atom. The second kappa shape index (κ2) is 9.24. The highest BCUT2D eigenvalue weighted by molar-refractivity contribution is 7.89. The number of benzene rings is 1. The highest BCUT2D eigenvalue weighted by Gasteiger charge is 2.34. The van der Waals surface area contributed by atoms with Gasteiger partial charge in [0.15, 0.2) is 0 Å². The van der Waals surface area contributed by atoms with Crippen molar-refractivity contribution in [3.8, 4) is 5.75 Å². The monoisotopic (exact) mass is 437 g/mol. The number of hydrogen-bond acceptors (Lipinski definition) is 5. The van der Waals surface area contributed by atoms with Crippen LogP contribution in [0.3, 0.4) is 0 Å². The summed E-state index contributed by atoms with van der Waals surface area (Å²) in [6.45, 7) is 6.52. The SMILES string of the molecule is COc1ccc(C(=O)N(C)CCN(C)C2CC2)cc1S(=O)(=O)N1C[C@H](C)C[C@H](C)C1.